The first kappa shape index (κ1) is 31.5. The van der Waals surface area contributed by atoms with Gasteiger partial charge in [0.15, 0.2) is 0 Å². The van der Waals surface area contributed by atoms with Gasteiger partial charge >= 0.3 is 18.3 Å². The number of halogens is 7. The van der Waals surface area contributed by atoms with Gasteiger partial charge in [-0.05, 0) is 79.8 Å². The number of rotatable bonds is 6. The number of allylic oxidation sites excluding steroid dienone is 1. The van der Waals surface area contributed by atoms with Gasteiger partial charge < -0.3 is 15.7 Å². The van der Waals surface area contributed by atoms with E-state index in [-0.39, 0.29) is 41.7 Å². The van der Waals surface area contributed by atoms with Gasteiger partial charge in [-0.3, -0.25) is 9.59 Å². The summed E-state index contributed by atoms with van der Waals surface area (Å²) in [5.74, 6) is -7.52. The molecular weight excluding hydrogens is 597 g/mol. The molecule has 3 saturated carbocycles. The Labute approximate surface area is 247 Å². The molecule has 2 aromatic rings. The molecule has 0 aromatic heterocycles. The second-order valence-electron chi connectivity index (χ2n) is 11.7. The molecule has 3 N–H and O–H groups in total. The second kappa shape index (κ2) is 11.9. The zero-order chi connectivity index (χ0) is 32.0. The van der Waals surface area contributed by atoms with Gasteiger partial charge in [-0.25, -0.2) is 9.18 Å². The van der Waals surface area contributed by atoms with Crippen molar-refractivity contribution in [3.05, 3.63) is 76.6 Å². The van der Waals surface area contributed by atoms with Crippen LogP contribution in [0, 0.1) is 29.5 Å². The minimum atomic E-state index is -5.04. The summed E-state index contributed by atoms with van der Waals surface area (Å²) in [7, 11) is 0. The number of aromatic carboxylic acids is 1. The van der Waals surface area contributed by atoms with Crippen LogP contribution in [-0.2, 0) is 15.8 Å². The van der Waals surface area contributed by atoms with Crippen molar-refractivity contribution in [1.82, 2.24) is 5.32 Å². The Hall–Kier alpha value is -3.90. The molecule has 0 heterocycles. The van der Waals surface area contributed by atoms with Gasteiger partial charge in [-0.15, -0.1) is 0 Å². The number of carbonyl (C=O) groups is 3. The lowest BCUT2D eigenvalue weighted by Crippen LogP contribution is -2.50. The smallest absolute Gasteiger partial charge is 0.419 e. The van der Waals surface area contributed by atoms with Crippen molar-refractivity contribution in [3.8, 4) is 0 Å². The highest BCUT2D eigenvalue weighted by molar-refractivity contribution is 5.95. The van der Waals surface area contributed by atoms with Gasteiger partial charge in [0.05, 0.1) is 17.0 Å². The SMILES string of the molecule is O=C(O)c1cccc([C@H]2CCC[C@@H](C(=O)N[C@H]3[C@@H](C(=O)Nc4ccc(F)c(C(F)(F)F)c4)[C@H]4CC[C@@H]3/C4=C\C(F)(F)F)C2)c1. The minimum absolute atomic E-state index is 0.0370. The molecule has 3 fully saturated rings. The molecule has 2 amide bonds. The Balaban J connectivity index is 1.38. The summed E-state index contributed by atoms with van der Waals surface area (Å²) in [6.45, 7) is 0. The van der Waals surface area contributed by atoms with Crippen molar-refractivity contribution in [3.63, 3.8) is 0 Å². The molecular formula is C31H29F7N2O4. The van der Waals surface area contributed by atoms with E-state index in [0.29, 0.717) is 37.8 Å². The number of nitrogens with one attached hydrogen (secondary N) is 2. The Kier molecular flexibility index (Phi) is 8.52. The maximum Gasteiger partial charge on any atom is 0.419 e. The molecule has 5 rings (SSSR count). The molecule has 6 atom stereocenters. The van der Waals surface area contributed by atoms with E-state index in [1.54, 1.807) is 18.2 Å². The van der Waals surface area contributed by atoms with E-state index >= 15 is 0 Å². The molecule has 3 aliphatic carbocycles. The molecule has 2 bridgehead atoms. The van der Waals surface area contributed by atoms with E-state index < -0.39 is 71.2 Å². The van der Waals surface area contributed by atoms with Gasteiger partial charge in [0.2, 0.25) is 11.8 Å². The summed E-state index contributed by atoms with van der Waals surface area (Å²) in [4.78, 5) is 38.4. The lowest BCUT2D eigenvalue weighted by molar-refractivity contribution is -0.140. The van der Waals surface area contributed by atoms with Gasteiger partial charge in [-0.2, -0.15) is 26.3 Å². The number of anilines is 1. The van der Waals surface area contributed by atoms with Crippen LogP contribution in [0.3, 0.4) is 0 Å². The fourth-order valence-corrected chi connectivity index (χ4v) is 7.17. The van der Waals surface area contributed by atoms with Crippen LogP contribution in [0.4, 0.5) is 36.4 Å². The molecule has 0 unspecified atom stereocenters. The highest BCUT2D eigenvalue weighted by Gasteiger charge is 2.56. The third kappa shape index (κ3) is 6.61. The van der Waals surface area contributed by atoms with Crippen LogP contribution in [0.2, 0.25) is 0 Å². The van der Waals surface area contributed by atoms with Gasteiger partial charge in [0.1, 0.15) is 5.82 Å². The second-order valence-corrected chi connectivity index (χ2v) is 11.7. The highest BCUT2D eigenvalue weighted by Crippen LogP contribution is 2.54. The first-order valence-electron chi connectivity index (χ1n) is 14.2. The molecule has 44 heavy (non-hydrogen) atoms. The molecule has 3 aliphatic rings. The first-order valence-corrected chi connectivity index (χ1v) is 14.2. The first-order chi connectivity index (χ1) is 20.6. The topological polar surface area (TPSA) is 95.5 Å². The van der Waals surface area contributed by atoms with Crippen molar-refractivity contribution in [2.45, 2.75) is 62.8 Å². The lowest BCUT2D eigenvalue weighted by atomic mass is 9.77. The summed E-state index contributed by atoms with van der Waals surface area (Å²) in [5, 5.41) is 14.5. The number of carboxylic acid groups (broad SMARTS) is 1. The molecule has 0 radical (unpaired) electrons. The van der Waals surface area contributed by atoms with Crippen LogP contribution >= 0.6 is 0 Å². The van der Waals surface area contributed by atoms with Crippen molar-refractivity contribution in [2.75, 3.05) is 5.32 Å². The predicted octanol–water partition coefficient (Wildman–Crippen LogP) is 7.08. The normalized spacial score (nSPS) is 27.8. The fraction of sp³-hybridized carbons (Fsp3) is 0.452. The van der Waals surface area contributed by atoms with Crippen LogP contribution in [-0.4, -0.2) is 35.1 Å². The van der Waals surface area contributed by atoms with Crippen LogP contribution in [0.5, 0.6) is 0 Å². The fourth-order valence-electron chi connectivity index (χ4n) is 7.17. The van der Waals surface area contributed by atoms with E-state index in [0.717, 1.165) is 11.6 Å². The summed E-state index contributed by atoms with van der Waals surface area (Å²) < 4.78 is 93.9. The number of carbonyl (C=O) groups excluding carboxylic acids is 2. The highest BCUT2D eigenvalue weighted by atomic mass is 19.4. The Bertz CT molecular complexity index is 1490. The monoisotopic (exact) mass is 626 g/mol. The molecule has 2 aromatic carbocycles. The molecule has 0 aliphatic heterocycles. The summed E-state index contributed by atoms with van der Waals surface area (Å²) in [5.41, 5.74) is -1.15. The average molecular weight is 627 g/mol. The molecule has 0 spiro atoms. The lowest BCUT2D eigenvalue weighted by Gasteiger charge is -2.34. The number of fused-ring (bicyclic) bond motifs is 2. The van der Waals surface area contributed by atoms with Gasteiger partial charge in [0.25, 0.3) is 0 Å². The minimum Gasteiger partial charge on any atom is -0.478 e. The third-order valence-corrected chi connectivity index (χ3v) is 9.03. The maximum atomic E-state index is 13.8. The molecule has 6 nitrogen and oxygen atoms in total. The number of carboxylic acids is 1. The van der Waals surface area contributed by atoms with E-state index in [1.165, 1.54) is 6.07 Å². The number of alkyl halides is 6. The van der Waals surface area contributed by atoms with E-state index in [2.05, 4.69) is 10.6 Å². The zero-order valence-electron chi connectivity index (χ0n) is 23.1. The van der Waals surface area contributed by atoms with Crippen LogP contribution in [0.1, 0.15) is 65.9 Å². The number of hydrogen-bond acceptors (Lipinski definition) is 3. The maximum absolute atomic E-state index is 13.8. The number of benzene rings is 2. The largest absolute Gasteiger partial charge is 0.478 e. The summed E-state index contributed by atoms with van der Waals surface area (Å²) in [6.07, 6.45) is -6.86. The van der Waals surface area contributed by atoms with Crippen LogP contribution in [0.15, 0.2) is 54.1 Å². The standard InChI is InChI=1S/C31H29F7N2O4/c32-24-10-7-19(13-23(24)31(36,37)38)39-28(42)25-20-8-9-21(22(20)14-30(33,34)35)26(25)40-27(41)17-5-1-3-15(11-17)16-4-2-6-18(12-16)29(43)44/h2,4,6-7,10,12-15,17,20-21,25-26H,1,3,5,8-9,11H2,(H,39,42)(H,40,41)(H,43,44)/b22-14-/t15-,17+,20-,21+,25-,26+/m0/s1. The summed E-state index contributed by atoms with van der Waals surface area (Å²) >= 11 is 0. The predicted molar refractivity (Wildman–Crippen MR) is 144 cm³/mol. The van der Waals surface area contributed by atoms with E-state index in [4.69, 9.17) is 0 Å². The van der Waals surface area contributed by atoms with Crippen molar-refractivity contribution in [2.24, 2.45) is 23.7 Å². The Morgan fingerprint density at radius 1 is 0.886 bits per heavy atom. The van der Waals surface area contributed by atoms with Gasteiger partial charge in [-0.1, -0.05) is 24.1 Å². The number of amides is 2. The van der Waals surface area contributed by atoms with Crippen LogP contribution in [0.25, 0.3) is 0 Å². The Morgan fingerprint density at radius 2 is 1.61 bits per heavy atom. The van der Waals surface area contributed by atoms with Gasteiger partial charge in [0, 0.05) is 29.6 Å². The molecule has 236 valence electrons. The number of hydrogen-bond donors (Lipinski definition) is 3. The van der Waals surface area contributed by atoms with Crippen molar-refractivity contribution >= 4 is 23.5 Å². The van der Waals surface area contributed by atoms with Crippen molar-refractivity contribution < 1.29 is 50.2 Å². The van der Waals surface area contributed by atoms with Crippen molar-refractivity contribution in [1.29, 1.82) is 0 Å². The zero-order valence-corrected chi connectivity index (χ0v) is 23.1. The third-order valence-electron chi connectivity index (χ3n) is 9.03. The molecule has 13 heteroatoms. The Morgan fingerprint density at radius 3 is 2.30 bits per heavy atom. The van der Waals surface area contributed by atoms with Crippen LogP contribution < -0.4 is 10.6 Å². The quantitative estimate of drug-likeness (QED) is 0.236. The van der Waals surface area contributed by atoms with E-state index in [9.17, 15) is 50.2 Å². The van der Waals surface area contributed by atoms with E-state index in [1.807, 2.05) is 0 Å². The molecule has 0 saturated heterocycles. The summed E-state index contributed by atoms with van der Waals surface area (Å²) in [6, 6.07) is 7.26. The average Bonchev–Trinajstić information content (AvgIpc) is 3.46.